The normalized spacial score (nSPS) is 12.9. The van der Waals surface area contributed by atoms with Gasteiger partial charge in [0.15, 0.2) is 5.65 Å². The highest BCUT2D eigenvalue weighted by Crippen LogP contribution is 2.21. The lowest BCUT2D eigenvalue weighted by Gasteiger charge is -2.17. The fraction of sp³-hybridized carbons (Fsp3) is 0.500. The molecule has 5 nitrogen and oxygen atoms in total. The lowest BCUT2D eigenvalue weighted by molar-refractivity contribution is -0.124. The van der Waals surface area contributed by atoms with Gasteiger partial charge in [0.1, 0.15) is 17.4 Å². The number of imidazole rings is 1. The molecular formula is C14H19ClN4O. The molecule has 0 aromatic carbocycles. The van der Waals surface area contributed by atoms with E-state index in [2.05, 4.69) is 15.3 Å². The first kappa shape index (κ1) is 14.8. The number of fused-ring (bicyclic) bond motifs is 1. The summed E-state index contributed by atoms with van der Waals surface area (Å²) in [5.41, 5.74) is 2.49. The van der Waals surface area contributed by atoms with Gasteiger partial charge in [-0.15, -0.1) is 11.6 Å². The van der Waals surface area contributed by atoms with E-state index < -0.39 is 6.04 Å². The molecule has 108 valence electrons. The average molecular weight is 295 g/mol. The lowest BCUT2D eigenvalue weighted by atomic mass is 10.2. The highest BCUT2D eigenvalue weighted by molar-refractivity contribution is 6.16. The Morgan fingerprint density at radius 2 is 2.15 bits per heavy atom. The molecule has 0 bridgehead atoms. The monoisotopic (exact) mass is 294 g/mol. The van der Waals surface area contributed by atoms with Crippen LogP contribution in [0.3, 0.4) is 0 Å². The molecule has 2 aromatic heterocycles. The summed E-state index contributed by atoms with van der Waals surface area (Å²) in [6.45, 7) is 7.65. The van der Waals surface area contributed by atoms with Crippen molar-refractivity contribution < 1.29 is 4.79 Å². The third-order valence-corrected chi connectivity index (χ3v) is 3.30. The van der Waals surface area contributed by atoms with Gasteiger partial charge in [-0.1, -0.05) is 0 Å². The molecule has 0 saturated carbocycles. The standard InChI is InChI=1S/C14H19ClN4O/c1-8(2)17-14(20)10(4)19-12(6-15)18-11-5-9(3)7-16-13(11)19/h5,7-8,10H,6H2,1-4H3,(H,17,20). The summed E-state index contributed by atoms with van der Waals surface area (Å²) in [7, 11) is 0. The minimum atomic E-state index is -0.397. The van der Waals surface area contributed by atoms with Crippen molar-refractivity contribution in [2.45, 2.75) is 45.7 Å². The van der Waals surface area contributed by atoms with Gasteiger partial charge in [0, 0.05) is 12.2 Å². The zero-order valence-electron chi connectivity index (χ0n) is 12.1. The van der Waals surface area contributed by atoms with Crippen LogP contribution >= 0.6 is 11.6 Å². The van der Waals surface area contributed by atoms with Crippen molar-refractivity contribution in [3.63, 3.8) is 0 Å². The number of aromatic nitrogens is 3. The largest absolute Gasteiger partial charge is 0.352 e. The maximum atomic E-state index is 12.2. The maximum Gasteiger partial charge on any atom is 0.243 e. The first-order chi connectivity index (χ1) is 9.43. The minimum absolute atomic E-state index is 0.0620. The SMILES string of the molecule is Cc1cnc2c(c1)nc(CCl)n2C(C)C(=O)NC(C)C. The quantitative estimate of drug-likeness (QED) is 0.882. The number of carbonyl (C=O) groups excluding carboxylic acids is 1. The van der Waals surface area contributed by atoms with E-state index in [1.807, 2.05) is 33.8 Å². The third kappa shape index (κ3) is 2.77. The smallest absolute Gasteiger partial charge is 0.243 e. The number of alkyl halides is 1. The van der Waals surface area contributed by atoms with E-state index in [4.69, 9.17) is 11.6 Å². The summed E-state index contributed by atoms with van der Waals surface area (Å²) in [6.07, 6.45) is 1.77. The molecule has 0 radical (unpaired) electrons. The molecule has 0 aliphatic rings. The predicted octanol–water partition coefficient (Wildman–Crippen LogP) is 2.56. The predicted molar refractivity (Wildman–Crippen MR) is 79.8 cm³/mol. The molecule has 0 spiro atoms. The number of halogens is 1. The molecule has 1 atom stereocenters. The Balaban J connectivity index is 2.49. The average Bonchev–Trinajstić information content (AvgIpc) is 2.74. The molecule has 0 saturated heterocycles. The number of hydrogen-bond acceptors (Lipinski definition) is 3. The molecule has 0 aliphatic carbocycles. The van der Waals surface area contributed by atoms with Crippen LogP contribution < -0.4 is 5.32 Å². The molecule has 20 heavy (non-hydrogen) atoms. The van der Waals surface area contributed by atoms with E-state index in [1.54, 1.807) is 10.8 Å². The molecular weight excluding hydrogens is 276 g/mol. The van der Waals surface area contributed by atoms with Crippen LogP contribution in [0.15, 0.2) is 12.3 Å². The van der Waals surface area contributed by atoms with Gasteiger partial charge in [0.2, 0.25) is 5.91 Å². The van der Waals surface area contributed by atoms with Crippen LogP contribution in [0.4, 0.5) is 0 Å². The number of amides is 1. The van der Waals surface area contributed by atoms with Crippen molar-refractivity contribution >= 4 is 28.7 Å². The summed E-state index contributed by atoms with van der Waals surface area (Å²) < 4.78 is 1.81. The Labute approximate surface area is 123 Å². The molecule has 2 heterocycles. The van der Waals surface area contributed by atoms with Crippen LogP contribution in [-0.4, -0.2) is 26.5 Å². The first-order valence-corrected chi connectivity index (χ1v) is 7.17. The Morgan fingerprint density at radius 3 is 2.75 bits per heavy atom. The molecule has 2 rings (SSSR count). The zero-order valence-corrected chi connectivity index (χ0v) is 12.9. The second-order valence-corrected chi connectivity index (χ2v) is 5.49. The Morgan fingerprint density at radius 1 is 1.45 bits per heavy atom. The van der Waals surface area contributed by atoms with Crippen LogP contribution in [-0.2, 0) is 10.7 Å². The summed E-state index contributed by atoms with van der Waals surface area (Å²) in [6, 6.07) is 1.64. The number of hydrogen-bond donors (Lipinski definition) is 1. The molecule has 6 heteroatoms. The molecule has 0 aliphatic heterocycles. The van der Waals surface area contributed by atoms with Gasteiger partial charge < -0.3 is 5.32 Å². The van der Waals surface area contributed by atoms with Crippen LogP contribution in [0.25, 0.3) is 11.2 Å². The molecule has 0 fully saturated rings. The number of rotatable bonds is 4. The van der Waals surface area contributed by atoms with Crippen molar-refractivity contribution in [3.8, 4) is 0 Å². The fourth-order valence-corrected chi connectivity index (χ4v) is 2.34. The van der Waals surface area contributed by atoms with E-state index in [9.17, 15) is 4.79 Å². The Bertz CT molecular complexity index is 635. The Kier molecular flexibility index (Phi) is 4.28. The number of nitrogens with one attached hydrogen (secondary N) is 1. The fourth-order valence-electron chi connectivity index (χ4n) is 2.15. The van der Waals surface area contributed by atoms with E-state index in [0.29, 0.717) is 11.5 Å². The summed E-state index contributed by atoms with van der Waals surface area (Å²) in [5.74, 6) is 0.841. The minimum Gasteiger partial charge on any atom is -0.352 e. The highest BCUT2D eigenvalue weighted by atomic mass is 35.5. The van der Waals surface area contributed by atoms with Gasteiger partial charge in [-0.3, -0.25) is 9.36 Å². The van der Waals surface area contributed by atoms with Gasteiger partial charge in [-0.05, 0) is 39.3 Å². The summed E-state index contributed by atoms with van der Waals surface area (Å²) >= 11 is 5.96. The van der Waals surface area contributed by atoms with Crippen LogP contribution in [0.5, 0.6) is 0 Å². The number of carbonyl (C=O) groups is 1. The number of nitrogens with zero attached hydrogens (tertiary/aromatic N) is 3. The van der Waals surface area contributed by atoms with Gasteiger partial charge >= 0.3 is 0 Å². The van der Waals surface area contributed by atoms with E-state index in [1.165, 1.54) is 0 Å². The zero-order chi connectivity index (χ0) is 14.9. The Hall–Kier alpha value is -1.62. The first-order valence-electron chi connectivity index (χ1n) is 6.63. The number of pyridine rings is 1. The third-order valence-electron chi connectivity index (χ3n) is 3.06. The number of aryl methyl sites for hydroxylation is 1. The summed E-state index contributed by atoms with van der Waals surface area (Å²) in [4.78, 5) is 21.1. The molecule has 1 amide bonds. The lowest BCUT2D eigenvalue weighted by Crippen LogP contribution is -2.36. The second-order valence-electron chi connectivity index (χ2n) is 5.23. The topological polar surface area (TPSA) is 59.8 Å². The second kappa shape index (κ2) is 5.79. The van der Waals surface area contributed by atoms with Gasteiger partial charge in [-0.2, -0.15) is 0 Å². The van der Waals surface area contributed by atoms with E-state index in [-0.39, 0.29) is 17.8 Å². The molecule has 2 aromatic rings. The van der Waals surface area contributed by atoms with Gasteiger partial charge in [0.25, 0.3) is 0 Å². The van der Waals surface area contributed by atoms with Gasteiger partial charge in [0.05, 0.1) is 5.88 Å². The highest BCUT2D eigenvalue weighted by Gasteiger charge is 2.22. The van der Waals surface area contributed by atoms with Gasteiger partial charge in [-0.25, -0.2) is 9.97 Å². The molecule has 1 N–H and O–H groups in total. The van der Waals surface area contributed by atoms with Crippen LogP contribution in [0.1, 0.15) is 38.2 Å². The van der Waals surface area contributed by atoms with Crippen molar-refractivity contribution in [2.75, 3.05) is 0 Å². The van der Waals surface area contributed by atoms with Crippen molar-refractivity contribution in [3.05, 3.63) is 23.7 Å². The van der Waals surface area contributed by atoms with Crippen molar-refractivity contribution in [1.82, 2.24) is 19.9 Å². The van der Waals surface area contributed by atoms with Crippen LogP contribution in [0.2, 0.25) is 0 Å². The van der Waals surface area contributed by atoms with Crippen molar-refractivity contribution in [1.29, 1.82) is 0 Å². The van der Waals surface area contributed by atoms with E-state index >= 15 is 0 Å². The maximum absolute atomic E-state index is 12.2. The molecule has 1 unspecified atom stereocenters. The van der Waals surface area contributed by atoms with E-state index in [0.717, 1.165) is 11.1 Å². The van der Waals surface area contributed by atoms with Crippen LogP contribution in [0, 0.1) is 6.92 Å². The summed E-state index contributed by atoms with van der Waals surface area (Å²) in [5, 5.41) is 2.90. The van der Waals surface area contributed by atoms with Crippen molar-refractivity contribution in [2.24, 2.45) is 0 Å².